The third-order valence-corrected chi connectivity index (χ3v) is 2.62. The number of ether oxygens (including phenoxy) is 1. The molecule has 0 saturated heterocycles. The molecule has 0 aliphatic heterocycles. The van der Waals surface area contributed by atoms with Crippen LogP contribution in [0, 0.1) is 18.8 Å². The van der Waals surface area contributed by atoms with Gasteiger partial charge in [-0.1, -0.05) is 20.3 Å². The Bertz CT molecular complexity index is 241. The van der Waals surface area contributed by atoms with E-state index in [0.29, 0.717) is 12.5 Å². The number of nitrogens with zero attached hydrogens (tertiary/aromatic N) is 1. The first-order valence-electron chi connectivity index (χ1n) is 6.61. The molecule has 0 fully saturated rings. The summed E-state index contributed by atoms with van der Waals surface area (Å²) in [4.78, 5) is 13.6. The van der Waals surface area contributed by atoms with Crippen LogP contribution in [-0.4, -0.2) is 29.7 Å². The van der Waals surface area contributed by atoms with E-state index in [9.17, 15) is 4.79 Å². The molecule has 0 bridgehead atoms. The Morgan fingerprint density at radius 2 is 1.78 bits per heavy atom. The Balaban J connectivity index is 0. The van der Waals surface area contributed by atoms with Gasteiger partial charge in [-0.3, -0.25) is 0 Å². The summed E-state index contributed by atoms with van der Waals surface area (Å²) in [5, 5.41) is 0. The lowest BCUT2D eigenvalue weighted by atomic mass is 10.1. The zero-order valence-electron chi connectivity index (χ0n) is 12.8. The molecule has 0 aromatic heterocycles. The van der Waals surface area contributed by atoms with Gasteiger partial charge in [0.05, 0.1) is 0 Å². The zero-order valence-corrected chi connectivity index (χ0v) is 12.8. The number of amides is 1. The summed E-state index contributed by atoms with van der Waals surface area (Å²) in [6.45, 7) is 13.6. The van der Waals surface area contributed by atoms with Gasteiger partial charge >= 0.3 is 6.09 Å². The van der Waals surface area contributed by atoms with Gasteiger partial charge in [0.2, 0.25) is 0 Å². The van der Waals surface area contributed by atoms with Crippen molar-refractivity contribution in [1.29, 1.82) is 0 Å². The van der Waals surface area contributed by atoms with Gasteiger partial charge in [-0.05, 0) is 40.0 Å². The minimum Gasteiger partial charge on any atom is -0.444 e. The maximum atomic E-state index is 11.8. The first kappa shape index (κ1) is 19.2. The Morgan fingerprint density at radius 3 is 2.11 bits per heavy atom. The lowest BCUT2D eigenvalue weighted by molar-refractivity contribution is 0.0251. The van der Waals surface area contributed by atoms with Crippen LogP contribution in [-0.2, 0) is 4.74 Å². The molecule has 0 aliphatic rings. The summed E-state index contributed by atoms with van der Waals surface area (Å²) >= 11 is 0. The fraction of sp³-hybridized carbons (Fsp3) is 0.800. The highest BCUT2D eigenvalue weighted by atomic mass is 16.6. The van der Waals surface area contributed by atoms with Gasteiger partial charge in [0, 0.05) is 13.1 Å². The third-order valence-electron chi connectivity index (χ3n) is 2.62. The monoisotopic (exact) mass is 255 g/mol. The van der Waals surface area contributed by atoms with E-state index in [1.165, 1.54) is 0 Å². The summed E-state index contributed by atoms with van der Waals surface area (Å²) in [5.41, 5.74) is -0.402. The van der Waals surface area contributed by atoms with Crippen molar-refractivity contribution in [3.8, 4) is 12.8 Å². The van der Waals surface area contributed by atoms with Crippen LogP contribution < -0.4 is 0 Å². The molecular weight excluding hydrogens is 226 g/mol. The molecule has 0 rings (SSSR count). The van der Waals surface area contributed by atoms with E-state index < -0.39 is 5.60 Å². The molecule has 18 heavy (non-hydrogen) atoms. The molecule has 0 saturated carbocycles. The van der Waals surface area contributed by atoms with Gasteiger partial charge < -0.3 is 9.64 Å². The van der Waals surface area contributed by atoms with Crippen molar-refractivity contribution in [3.05, 3.63) is 0 Å². The second kappa shape index (κ2) is 9.82. The Morgan fingerprint density at radius 1 is 1.28 bits per heavy atom. The van der Waals surface area contributed by atoms with E-state index >= 15 is 0 Å². The number of hydrogen-bond acceptors (Lipinski definition) is 2. The maximum Gasteiger partial charge on any atom is 0.410 e. The lowest BCUT2D eigenvalue weighted by Gasteiger charge is -2.27. The Hall–Kier alpha value is -1.17. The predicted molar refractivity (Wildman–Crippen MR) is 77.4 cm³/mol. The second-order valence-corrected chi connectivity index (χ2v) is 5.36. The molecule has 0 radical (unpaired) electrons. The SMILES string of the molecule is C#C.CCC(C)CCN(CC)C(=O)OC(C)(C)C. The molecule has 0 spiro atoms. The van der Waals surface area contributed by atoms with Crippen LogP contribution >= 0.6 is 0 Å². The summed E-state index contributed by atoms with van der Waals surface area (Å²) in [6.07, 6.45) is 10.0. The van der Waals surface area contributed by atoms with E-state index in [0.717, 1.165) is 19.4 Å². The van der Waals surface area contributed by atoms with Crippen molar-refractivity contribution >= 4 is 6.09 Å². The minimum absolute atomic E-state index is 0.196. The number of carbonyl (C=O) groups is 1. The van der Waals surface area contributed by atoms with Crippen LogP contribution in [0.4, 0.5) is 4.79 Å². The van der Waals surface area contributed by atoms with E-state index in [1.807, 2.05) is 27.7 Å². The van der Waals surface area contributed by atoms with Crippen molar-refractivity contribution in [2.45, 2.75) is 60.0 Å². The quantitative estimate of drug-likeness (QED) is 0.697. The molecule has 106 valence electrons. The van der Waals surface area contributed by atoms with Crippen LogP contribution in [0.3, 0.4) is 0 Å². The number of rotatable bonds is 5. The number of terminal acetylenes is 1. The molecule has 1 unspecified atom stereocenters. The van der Waals surface area contributed by atoms with E-state index in [-0.39, 0.29) is 6.09 Å². The maximum absolute atomic E-state index is 11.8. The van der Waals surface area contributed by atoms with Crippen LogP contribution in [0.2, 0.25) is 0 Å². The first-order valence-corrected chi connectivity index (χ1v) is 6.61. The summed E-state index contributed by atoms with van der Waals surface area (Å²) < 4.78 is 5.34. The molecule has 0 aromatic rings. The van der Waals surface area contributed by atoms with Gasteiger partial charge in [-0.25, -0.2) is 4.79 Å². The Kier molecular flexibility index (Phi) is 10.5. The number of hydrogen-bond donors (Lipinski definition) is 0. The molecule has 3 nitrogen and oxygen atoms in total. The van der Waals surface area contributed by atoms with Crippen molar-refractivity contribution in [2.75, 3.05) is 13.1 Å². The standard InChI is InChI=1S/C13H27NO2.C2H2/c1-7-11(3)9-10-14(8-2)12(15)16-13(4,5)6;1-2/h11H,7-10H2,1-6H3;1-2H. The van der Waals surface area contributed by atoms with Crippen LogP contribution in [0.15, 0.2) is 0 Å². The third kappa shape index (κ3) is 10.0. The second-order valence-electron chi connectivity index (χ2n) is 5.36. The van der Waals surface area contributed by atoms with E-state index in [4.69, 9.17) is 4.74 Å². The summed E-state index contributed by atoms with van der Waals surface area (Å²) in [6, 6.07) is 0. The molecule has 0 N–H and O–H groups in total. The fourth-order valence-corrected chi connectivity index (χ4v) is 1.29. The van der Waals surface area contributed by atoms with Crippen molar-refractivity contribution < 1.29 is 9.53 Å². The molecule has 1 atom stereocenters. The molecular formula is C15H29NO2. The van der Waals surface area contributed by atoms with Crippen molar-refractivity contribution in [2.24, 2.45) is 5.92 Å². The van der Waals surface area contributed by atoms with Crippen molar-refractivity contribution in [1.82, 2.24) is 4.90 Å². The average molecular weight is 255 g/mol. The smallest absolute Gasteiger partial charge is 0.410 e. The highest BCUT2D eigenvalue weighted by Crippen LogP contribution is 2.12. The van der Waals surface area contributed by atoms with Crippen LogP contribution in [0.5, 0.6) is 0 Å². The van der Waals surface area contributed by atoms with Crippen molar-refractivity contribution in [3.63, 3.8) is 0 Å². The predicted octanol–water partition coefficient (Wildman–Crippen LogP) is 3.93. The molecule has 0 aliphatic carbocycles. The van der Waals surface area contributed by atoms with Gasteiger partial charge in [0.1, 0.15) is 5.60 Å². The fourth-order valence-electron chi connectivity index (χ4n) is 1.29. The van der Waals surface area contributed by atoms with Gasteiger partial charge in [0.25, 0.3) is 0 Å². The summed E-state index contributed by atoms with van der Waals surface area (Å²) in [5.74, 6) is 0.663. The number of carbonyl (C=O) groups excluding carboxylic acids is 1. The zero-order chi connectivity index (χ0) is 14.8. The molecule has 1 amide bonds. The topological polar surface area (TPSA) is 29.5 Å². The van der Waals surface area contributed by atoms with Gasteiger partial charge in [-0.2, -0.15) is 0 Å². The van der Waals surface area contributed by atoms with Crippen LogP contribution in [0.1, 0.15) is 54.4 Å². The first-order chi connectivity index (χ1) is 8.30. The highest BCUT2D eigenvalue weighted by Gasteiger charge is 2.20. The van der Waals surface area contributed by atoms with E-state index in [2.05, 4.69) is 26.7 Å². The highest BCUT2D eigenvalue weighted by molar-refractivity contribution is 5.68. The van der Waals surface area contributed by atoms with E-state index in [1.54, 1.807) is 4.90 Å². The Labute approximate surface area is 113 Å². The van der Waals surface area contributed by atoms with Gasteiger partial charge in [-0.15, -0.1) is 12.8 Å². The average Bonchev–Trinajstić information content (AvgIpc) is 2.29. The molecule has 0 aromatic carbocycles. The summed E-state index contributed by atoms with van der Waals surface area (Å²) in [7, 11) is 0. The lowest BCUT2D eigenvalue weighted by Crippen LogP contribution is -2.37. The van der Waals surface area contributed by atoms with Gasteiger partial charge in [0.15, 0.2) is 0 Å². The normalized spacial score (nSPS) is 12.0. The molecule has 0 heterocycles. The minimum atomic E-state index is -0.402. The van der Waals surface area contributed by atoms with Crippen LogP contribution in [0.25, 0.3) is 0 Å². The molecule has 3 heteroatoms. The largest absolute Gasteiger partial charge is 0.444 e.